The molecule has 0 aromatic carbocycles. The lowest BCUT2D eigenvalue weighted by molar-refractivity contribution is -0.137. The van der Waals surface area contributed by atoms with Crippen LogP contribution in [0.4, 0.5) is 0 Å². The Balaban J connectivity index is 1.41. The van der Waals surface area contributed by atoms with Crippen molar-refractivity contribution in [1.29, 1.82) is 0 Å². The van der Waals surface area contributed by atoms with E-state index < -0.39 is 0 Å². The highest BCUT2D eigenvalue weighted by atomic mass is 32.1. The summed E-state index contributed by atoms with van der Waals surface area (Å²) in [6.45, 7) is 4.60. The van der Waals surface area contributed by atoms with Gasteiger partial charge in [-0.3, -0.25) is 9.59 Å². The van der Waals surface area contributed by atoms with E-state index in [1.54, 1.807) is 4.90 Å². The number of nitrogens with one attached hydrogen (secondary N) is 1. The third kappa shape index (κ3) is 2.86. The maximum Gasteiger partial charge on any atom is 0.264 e. The number of carbonyl (C=O) groups excluding carboxylic acids is 2. The highest BCUT2D eigenvalue weighted by Crippen LogP contribution is 2.37. The van der Waals surface area contributed by atoms with Gasteiger partial charge in [-0.1, -0.05) is 6.07 Å². The van der Waals surface area contributed by atoms with Gasteiger partial charge < -0.3 is 15.1 Å². The van der Waals surface area contributed by atoms with Crippen molar-refractivity contribution in [2.45, 2.75) is 38.1 Å². The van der Waals surface area contributed by atoms with Gasteiger partial charge in [-0.25, -0.2) is 0 Å². The fourth-order valence-corrected chi connectivity index (χ4v) is 5.12. The molecule has 1 N–H and O–H groups in total. The summed E-state index contributed by atoms with van der Waals surface area (Å²) in [5, 5.41) is 5.38. The minimum Gasteiger partial charge on any atom is -0.341 e. The lowest BCUT2D eigenvalue weighted by Gasteiger charge is -2.40. The van der Waals surface area contributed by atoms with Crippen LogP contribution in [0, 0.1) is 5.41 Å². The van der Waals surface area contributed by atoms with Crippen LogP contribution in [0.1, 0.15) is 41.8 Å². The molecule has 24 heavy (non-hydrogen) atoms. The lowest BCUT2D eigenvalue weighted by Crippen LogP contribution is -2.51. The molecule has 6 heteroatoms. The summed E-state index contributed by atoms with van der Waals surface area (Å²) < 4.78 is 0. The Bertz CT molecular complexity index is 600. The van der Waals surface area contributed by atoms with E-state index in [2.05, 4.69) is 5.32 Å². The summed E-state index contributed by atoms with van der Waals surface area (Å²) >= 11 is 1.46. The molecule has 2 amide bonds. The molecule has 0 bridgehead atoms. The van der Waals surface area contributed by atoms with Gasteiger partial charge >= 0.3 is 0 Å². The molecule has 0 radical (unpaired) electrons. The van der Waals surface area contributed by atoms with Gasteiger partial charge in [0.05, 0.1) is 4.88 Å². The molecule has 1 aromatic rings. The van der Waals surface area contributed by atoms with Gasteiger partial charge in [0, 0.05) is 26.2 Å². The van der Waals surface area contributed by atoms with E-state index in [1.807, 2.05) is 22.4 Å². The number of likely N-dealkylation sites (tertiary alicyclic amines) is 2. The highest BCUT2D eigenvalue weighted by molar-refractivity contribution is 7.12. The topological polar surface area (TPSA) is 52.7 Å². The summed E-state index contributed by atoms with van der Waals surface area (Å²) in [5.74, 6) is 0.188. The zero-order chi connectivity index (χ0) is 16.6. The number of hydrogen-bond acceptors (Lipinski definition) is 4. The van der Waals surface area contributed by atoms with Gasteiger partial charge in [0.15, 0.2) is 0 Å². The monoisotopic (exact) mass is 347 g/mol. The molecule has 1 spiro atoms. The molecule has 5 nitrogen and oxygen atoms in total. The van der Waals surface area contributed by atoms with Crippen LogP contribution in [0.2, 0.25) is 0 Å². The third-order valence-electron chi connectivity index (χ3n) is 6.00. The largest absolute Gasteiger partial charge is 0.341 e. The fourth-order valence-electron chi connectivity index (χ4n) is 4.44. The lowest BCUT2D eigenvalue weighted by atomic mass is 9.77. The number of nitrogens with zero attached hydrogens (tertiary/aromatic N) is 2. The normalized spacial score (nSPS) is 26.2. The van der Waals surface area contributed by atoms with E-state index >= 15 is 0 Å². The molecular weight excluding hydrogens is 322 g/mol. The van der Waals surface area contributed by atoms with Crippen LogP contribution >= 0.6 is 11.3 Å². The van der Waals surface area contributed by atoms with Gasteiger partial charge in [-0.15, -0.1) is 11.3 Å². The standard InChI is InChI=1S/C18H25N3O2S/c22-16(20-10-6-18(7-11-20)5-8-19-13-18)14-3-1-9-21(14)17(23)15-4-2-12-24-15/h2,4,12,14,19H,1,3,5-11,13H2. The van der Waals surface area contributed by atoms with Crippen LogP contribution in [0.25, 0.3) is 0 Å². The second-order valence-corrected chi connectivity index (χ2v) is 8.33. The summed E-state index contributed by atoms with van der Waals surface area (Å²) in [7, 11) is 0. The van der Waals surface area contributed by atoms with E-state index in [9.17, 15) is 9.59 Å². The van der Waals surface area contributed by atoms with E-state index in [0.717, 1.165) is 56.7 Å². The maximum atomic E-state index is 13.0. The van der Waals surface area contributed by atoms with E-state index in [0.29, 0.717) is 12.0 Å². The molecule has 3 saturated heterocycles. The number of rotatable bonds is 2. The van der Waals surface area contributed by atoms with Crippen LogP contribution in [-0.2, 0) is 4.79 Å². The first kappa shape index (κ1) is 16.1. The summed E-state index contributed by atoms with van der Waals surface area (Å²) in [6.07, 6.45) is 5.16. The number of hydrogen-bond donors (Lipinski definition) is 1. The van der Waals surface area contributed by atoms with E-state index in [1.165, 1.54) is 17.8 Å². The van der Waals surface area contributed by atoms with Crippen molar-refractivity contribution < 1.29 is 9.59 Å². The molecule has 4 heterocycles. The molecular formula is C18H25N3O2S. The van der Waals surface area contributed by atoms with E-state index in [4.69, 9.17) is 0 Å². The van der Waals surface area contributed by atoms with Crippen molar-refractivity contribution in [3.8, 4) is 0 Å². The van der Waals surface area contributed by atoms with Crippen molar-refractivity contribution in [2.75, 3.05) is 32.7 Å². The molecule has 1 atom stereocenters. The average molecular weight is 347 g/mol. The number of thiophene rings is 1. The first-order chi connectivity index (χ1) is 11.7. The van der Waals surface area contributed by atoms with Crippen LogP contribution in [0.15, 0.2) is 17.5 Å². The Kier molecular flexibility index (Phi) is 4.35. The second-order valence-electron chi connectivity index (χ2n) is 7.39. The molecule has 3 aliphatic rings. The zero-order valence-electron chi connectivity index (χ0n) is 14.0. The third-order valence-corrected chi connectivity index (χ3v) is 6.86. The van der Waals surface area contributed by atoms with Crippen molar-refractivity contribution >= 4 is 23.2 Å². The summed E-state index contributed by atoms with van der Waals surface area (Å²) in [6, 6.07) is 3.49. The van der Waals surface area contributed by atoms with Gasteiger partial charge in [0.25, 0.3) is 5.91 Å². The number of piperidine rings is 1. The molecule has 3 fully saturated rings. The Morgan fingerprint density at radius 1 is 1.21 bits per heavy atom. The minimum atomic E-state index is -0.254. The average Bonchev–Trinajstić information content (AvgIpc) is 3.36. The molecule has 4 rings (SSSR count). The Hall–Kier alpha value is -1.40. The summed E-state index contributed by atoms with van der Waals surface area (Å²) in [4.78, 5) is 30.2. The number of carbonyl (C=O) groups is 2. The Morgan fingerprint density at radius 2 is 2.04 bits per heavy atom. The van der Waals surface area contributed by atoms with Gasteiger partial charge in [-0.2, -0.15) is 0 Å². The van der Waals surface area contributed by atoms with Crippen molar-refractivity contribution in [3.05, 3.63) is 22.4 Å². The van der Waals surface area contributed by atoms with Crippen LogP contribution in [-0.4, -0.2) is 60.4 Å². The first-order valence-electron chi connectivity index (χ1n) is 9.03. The fraction of sp³-hybridized carbons (Fsp3) is 0.667. The molecule has 0 aliphatic carbocycles. The molecule has 130 valence electrons. The molecule has 1 unspecified atom stereocenters. The summed E-state index contributed by atoms with van der Waals surface area (Å²) in [5.41, 5.74) is 0.416. The molecule has 0 saturated carbocycles. The smallest absolute Gasteiger partial charge is 0.264 e. The van der Waals surface area contributed by atoms with Crippen LogP contribution < -0.4 is 5.32 Å². The maximum absolute atomic E-state index is 13.0. The van der Waals surface area contributed by atoms with E-state index in [-0.39, 0.29) is 17.9 Å². The SMILES string of the molecule is O=C(C1CCCN1C(=O)c1cccs1)N1CCC2(CCNC2)CC1. The van der Waals surface area contributed by atoms with Crippen molar-refractivity contribution in [2.24, 2.45) is 5.41 Å². The molecule has 1 aromatic heterocycles. The predicted molar refractivity (Wildman–Crippen MR) is 94.1 cm³/mol. The molecule has 3 aliphatic heterocycles. The Labute approximate surface area is 147 Å². The second kappa shape index (κ2) is 6.48. The van der Waals surface area contributed by atoms with Gasteiger partial charge in [0.2, 0.25) is 5.91 Å². The Morgan fingerprint density at radius 3 is 2.71 bits per heavy atom. The van der Waals surface area contributed by atoms with Crippen molar-refractivity contribution in [1.82, 2.24) is 15.1 Å². The zero-order valence-corrected chi connectivity index (χ0v) is 14.8. The van der Waals surface area contributed by atoms with Crippen LogP contribution in [0.5, 0.6) is 0 Å². The minimum absolute atomic E-state index is 0.0225. The van der Waals surface area contributed by atoms with Crippen LogP contribution in [0.3, 0.4) is 0 Å². The quantitative estimate of drug-likeness (QED) is 0.890. The predicted octanol–water partition coefficient (Wildman–Crippen LogP) is 1.95. The first-order valence-corrected chi connectivity index (χ1v) is 9.91. The number of amides is 2. The van der Waals surface area contributed by atoms with Gasteiger partial charge in [-0.05, 0) is 55.5 Å². The van der Waals surface area contributed by atoms with Gasteiger partial charge in [0.1, 0.15) is 6.04 Å². The highest BCUT2D eigenvalue weighted by Gasteiger charge is 2.42. The van der Waals surface area contributed by atoms with Crippen molar-refractivity contribution in [3.63, 3.8) is 0 Å².